The Morgan fingerprint density at radius 2 is 1.70 bits per heavy atom. The van der Waals surface area contributed by atoms with Crippen LogP contribution < -0.4 is 20.3 Å². The van der Waals surface area contributed by atoms with Crippen molar-refractivity contribution in [2.75, 3.05) is 35.8 Å². The van der Waals surface area contributed by atoms with Gasteiger partial charge in [-0.1, -0.05) is 6.07 Å². The molecule has 0 bridgehead atoms. The number of rotatable bonds is 7. The average Bonchev–Trinajstić information content (AvgIpc) is 2.92. The van der Waals surface area contributed by atoms with E-state index in [-0.39, 0.29) is 16.5 Å². The predicted octanol–water partition coefficient (Wildman–Crippen LogP) is 2.99. The van der Waals surface area contributed by atoms with Gasteiger partial charge in [-0.2, -0.15) is 13.2 Å². The molecular weight excluding hydrogens is 558 g/mol. The topological polar surface area (TPSA) is 141 Å². The molecule has 2 aromatic carbocycles. The van der Waals surface area contributed by atoms with Crippen LogP contribution in [0.4, 0.5) is 28.9 Å². The first-order chi connectivity index (χ1) is 18.9. The summed E-state index contributed by atoms with van der Waals surface area (Å²) >= 11 is 0. The molecule has 4 N–H and O–H groups in total. The van der Waals surface area contributed by atoms with Gasteiger partial charge in [-0.25, -0.2) is 17.6 Å². The van der Waals surface area contributed by atoms with Crippen LogP contribution in [0.2, 0.25) is 0 Å². The number of nitrogens with zero attached hydrogens (tertiary/aromatic N) is 2. The molecule has 1 saturated heterocycles. The molecule has 0 aliphatic carbocycles. The van der Waals surface area contributed by atoms with E-state index in [2.05, 4.69) is 25.2 Å². The monoisotopic (exact) mass is 583 g/mol. The third-order valence-electron chi connectivity index (χ3n) is 5.50. The average molecular weight is 584 g/mol. The van der Waals surface area contributed by atoms with Crippen LogP contribution in [0.1, 0.15) is 15.9 Å². The van der Waals surface area contributed by atoms with E-state index in [1.165, 1.54) is 18.2 Å². The molecule has 15 heteroatoms. The van der Waals surface area contributed by atoms with E-state index in [9.17, 15) is 30.8 Å². The van der Waals surface area contributed by atoms with Crippen molar-refractivity contribution in [2.24, 2.45) is 0 Å². The van der Waals surface area contributed by atoms with Gasteiger partial charge in [0.2, 0.25) is 0 Å². The SMILES string of the molecule is O=C(NCc1cccnc1)c1ccc(N2CCNCC2)c(NS(=O)(=O)c2ccc(F)cc2)c1.O=C(O)C(F)(F)F. The highest BCUT2D eigenvalue weighted by Gasteiger charge is 2.38. The maximum Gasteiger partial charge on any atom is 0.490 e. The van der Waals surface area contributed by atoms with Gasteiger partial charge in [0.15, 0.2) is 0 Å². The molecule has 1 aliphatic rings. The second kappa shape index (κ2) is 13.2. The Bertz CT molecular complexity index is 1420. The second-order valence-corrected chi connectivity index (χ2v) is 10.1. The Kier molecular flexibility index (Phi) is 10.0. The normalized spacial score (nSPS) is 13.6. The van der Waals surface area contributed by atoms with Crippen molar-refractivity contribution in [3.8, 4) is 0 Å². The van der Waals surface area contributed by atoms with E-state index in [4.69, 9.17) is 9.90 Å². The molecule has 1 aromatic heterocycles. The first-order valence-electron chi connectivity index (χ1n) is 11.7. The fourth-order valence-corrected chi connectivity index (χ4v) is 4.61. The number of carboxylic acid groups (broad SMARTS) is 1. The van der Waals surface area contributed by atoms with Crippen molar-refractivity contribution in [3.05, 3.63) is 83.9 Å². The largest absolute Gasteiger partial charge is 0.490 e. The molecular formula is C25H25F4N5O5S. The maximum absolute atomic E-state index is 13.3. The van der Waals surface area contributed by atoms with Gasteiger partial charge in [0, 0.05) is 50.7 Å². The fraction of sp³-hybridized carbons (Fsp3) is 0.240. The van der Waals surface area contributed by atoms with Crippen molar-refractivity contribution in [3.63, 3.8) is 0 Å². The number of hydrogen-bond acceptors (Lipinski definition) is 7. The molecule has 0 unspecified atom stereocenters. The third kappa shape index (κ3) is 8.64. The first-order valence-corrected chi connectivity index (χ1v) is 13.2. The van der Waals surface area contributed by atoms with Gasteiger partial charge in [-0.05, 0) is 54.1 Å². The summed E-state index contributed by atoms with van der Waals surface area (Å²) in [4.78, 5) is 27.7. The Morgan fingerprint density at radius 3 is 2.27 bits per heavy atom. The van der Waals surface area contributed by atoms with E-state index < -0.39 is 28.0 Å². The molecule has 1 fully saturated rings. The van der Waals surface area contributed by atoms with Crippen LogP contribution in [0.3, 0.4) is 0 Å². The fourth-order valence-electron chi connectivity index (χ4n) is 3.55. The summed E-state index contributed by atoms with van der Waals surface area (Å²) in [6.07, 6.45) is -1.77. The molecule has 1 amide bonds. The van der Waals surface area contributed by atoms with E-state index in [1.54, 1.807) is 30.6 Å². The number of carboxylic acids is 1. The summed E-state index contributed by atoms with van der Waals surface area (Å²) in [6.45, 7) is 3.20. The number of nitrogens with one attached hydrogen (secondary N) is 3. The van der Waals surface area contributed by atoms with Crippen molar-refractivity contribution in [2.45, 2.75) is 17.6 Å². The van der Waals surface area contributed by atoms with Gasteiger partial charge in [-0.15, -0.1) is 0 Å². The molecule has 214 valence electrons. The number of halogens is 4. The standard InChI is InChI=1S/C23H24FN5O3S.C2HF3O2/c24-19-4-6-20(7-5-19)33(31,32)28-21-14-18(3-8-22(21)29-12-10-25-11-13-29)23(30)27-16-17-2-1-9-26-15-17;3-2(4,5)1(6)7/h1-9,14-15,25,28H,10-13,16H2,(H,27,30);(H,6,7). The summed E-state index contributed by atoms with van der Waals surface area (Å²) in [5, 5.41) is 13.2. The molecule has 0 spiro atoms. The number of anilines is 2. The lowest BCUT2D eigenvalue weighted by Gasteiger charge is -2.31. The van der Waals surface area contributed by atoms with Crippen molar-refractivity contribution < 1.29 is 40.7 Å². The lowest BCUT2D eigenvalue weighted by Crippen LogP contribution is -2.43. The Hall–Kier alpha value is -4.24. The summed E-state index contributed by atoms with van der Waals surface area (Å²) in [6, 6.07) is 13.2. The minimum absolute atomic E-state index is 0.0680. The Balaban J connectivity index is 0.000000559. The molecule has 0 radical (unpaired) electrons. The number of amides is 1. The van der Waals surface area contributed by atoms with Crippen LogP contribution in [0, 0.1) is 5.82 Å². The summed E-state index contributed by atoms with van der Waals surface area (Å²) < 4.78 is 73.5. The summed E-state index contributed by atoms with van der Waals surface area (Å²) in [5.74, 6) is -3.62. The zero-order chi connectivity index (χ0) is 29.3. The molecule has 1 aliphatic heterocycles. The van der Waals surface area contributed by atoms with Crippen LogP contribution >= 0.6 is 0 Å². The molecule has 4 rings (SSSR count). The second-order valence-electron chi connectivity index (χ2n) is 8.38. The molecule has 0 atom stereocenters. The summed E-state index contributed by atoms with van der Waals surface area (Å²) in [5.41, 5.74) is 2.12. The Labute approximate surface area is 227 Å². The van der Waals surface area contributed by atoms with Gasteiger partial charge in [-0.3, -0.25) is 14.5 Å². The van der Waals surface area contributed by atoms with E-state index in [0.29, 0.717) is 30.9 Å². The lowest BCUT2D eigenvalue weighted by atomic mass is 10.1. The van der Waals surface area contributed by atoms with Crippen molar-refractivity contribution >= 4 is 33.3 Å². The highest BCUT2D eigenvalue weighted by Crippen LogP contribution is 2.30. The van der Waals surface area contributed by atoms with Crippen LogP contribution in [0.15, 0.2) is 71.9 Å². The van der Waals surface area contributed by atoms with Crippen LogP contribution in [0.5, 0.6) is 0 Å². The quantitative estimate of drug-likeness (QED) is 0.311. The Morgan fingerprint density at radius 1 is 1.05 bits per heavy atom. The van der Waals surface area contributed by atoms with Crippen LogP contribution in [-0.4, -0.2) is 62.7 Å². The number of sulfonamides is 1. The number of piperazine rings is 1. The molecule has 40 heavy (non-hydrogen) atoms. The number of pyridine rings is 1. The number of hydrogen-bond donors (Lipinski definition) is 4. The van der Waals surface area contributed by atoms with Gasteiger partial charge < -0.3 is 20.6 Å². The minimum atomic E-state index is -5.08. The van der Waals surface area contributed by atoms with Gasteiger partial charge in [0.1, 0.15) is 5.82 Å². The number of aliphatic carboxylic acids is 1. The number of alkyl halides is 3. The number of aromatic nitrogens is 1. The lowest BCUT2D eigenvalue weighted by molar-refractivity contribution is -0.192. The van der Waals surface area contributed by atoms with E-state index in [1.807, 2.05) is 6.07 Å². The number of carbonyl (C=O) groups is 2. The molecule has 0 saturated carbocycles. The van der Waals surface area contributed by atoms with Crippen molar-refractivity contribution in [1.29, 1.82) is 0 Å². The first kappa shape index (κ1) is 30.3. The highest BCUT2D eigenvalue weighted by molar-refractivity contribution is 7.92. The van der Waals surface area contributed by atoms with Gasteiger partial charge in [0.05, 0.1) is 16.3 Å². The molecule has 3 aromatic rings. The van der Waals surface area contributed by atoms with E-state index >= 15 is 0 Å². The zero-order valence-electron chi connectivity index (χ0n) is 20.8. The number of carbonyl (C=O) groups excluding carboxylic acids is 1. The molecule has 10 nitrogen and oxygen atoms in total. The molecule has 2 heterocycles. The van der Waals surface area contributed by atoms with Crippen LogP contribution in [-0.2, 0) is 21.4 Å². The van der Waals surface area contributed by atoms with Gasteiger partial charge in [0.25, 0.3) is 15.9 Å². The smallest absolute Gasteiger partial charge is 0.475 e. The predicted molar refractivity (Wildman–Crippen MR) is 138 cm³/mol. The summed E-state index contributed by atoms with van der Waals surface area (Å²) in [7, 11) is -3.99. The van der Waals surface area contributed by atoms with Crippen LogP contribution in [0.25, 0.3) is 0 Å². The zero-order valence-corrected chi connectivity index (χ0v) is 21.6. The van der Waals surface area contributed by atoms with E-state index in [0.717, 1.165) is 30.8 Å². The third-order valence-corrected chi connectivity index (χ3v) is 6.88. The maximum atomic E-state index is 13.3. The highest BCUT2D eigenvalue weighted by atomic mass is 32.2. The van der Waals surface area contributed by atoms with Crippen molar-refractivity contribution in [1.82, 2.24) is 15.6 Å². The minimum Gasteiger partial charge on any atom is -0.475 e. The number of benzene rings is 2. The van der Waals surface area contributed by atoms with Gasteiger partial charge >= 0.3 is 12.1 Å².